The Morgan fingerprint density at radius 3 is 2.72 bits per heavy atom. The van der Waals surface area contributed by atoms with Crippen molar-refractivity contribution in [1.29, 1.82) is 0 Å². The number of hydrogen-bond donors (Lipinski definition) is 1. The lowest BCUT2D eigenvalue weighted by Gasteiger charge is -2.15. The molecule has 0 fully saturated rings. The Hall–Kier alpha value is -1.49. The van der Waals surface area contributed by atoms with Crippen molar-refractivity contribution in [3.63, 3.8) is 0 Å². The van der Waals surface area contributed by atoms with E-state index in [4.69, 9.17) is 0 Å². The van der Waals surface area contributed by atoms with E-state index in [1.54, 1.807) is 29.1 Å². The standard InChI is InChI=1S/C15H21N5O2S3/c1-15(2,3)11-10-20-14(17-11)24-13(18-20)16-7-8-19(4)25(21,22)12-6-5-9-23-12/h5-6,9-10H,7-8H2,1-4H3,(H,16,18). The zero-order chi connectivity index (χ0) is 18.2. The molecular weight excluding hydrogens is 378 g/mol. The highest BCUT2D eigenvalue weighted by Crippen LogP contribution is 2.25. The third-order valence-electron chi connectivity index (χ3n) is 3.67. The molecule has 0 saturated carbocycles. The van der Waals surface area contributed by atoms with E-state index in [2.05, 4.69) is 36.2 Å². The van der Waals surface area contributed by atoms with E-state index in [0.717, 1.165) is 15.8 Å². The first-order valence-corrected chi connectivity index (χ1v) is 10.9. The Balaban J connectivity index is 1.60. The van der Waals surface area contributed by atoms with E-state index < -0.39 is 10.0 Å². The van der Waals surface area contributed by atoms with Gasteiger partial charge in [0.15, 0.2) is 0 Å². The van der Waals surface area contributed by atoms with E-state index in [1.165, 1.54) is 27.0 Å². The van der Waals surface area contributed by atoms with Crippen LogP contribution in [0.3, 0.4) is 0 Å². The van der Waals surface area contributed by atoms with Crippen LogP contribution in [-0.2, 0) is 15.4 Å². The maximum absolute atomic E-state index is 12.3. The summed E-state index contributed by atoms with van der Waals surface area (Å²) < 4.78 is 28.2. The summed E-state index contributed by atoms with van der Waals surface area (Å²) in [6.07, 6.45) is 1.93. The average molecular weight is 400 g/mol. The second-order valence-corrected chi connectivity index (χ2v) is 10.9. The molecule has 0 aliphatic carbocycles. The summed E-state index contributed by atoms with van der Waals surface area (Å²) in [7, 11) is -1.82. The zero-order valence-electron chi connectivity index (χ0n) is 14.6. The van der Waals surface area contributed by atoms with Crippen molar-refractivity contribution >= 4 is 42.8 Å². The monoisotopic (exact) mass is 399 g/mol. The molecule has 0 saturated heterocycles. The zero-order valence-corrected chi connectivity index (χ0v) is 17.0. The number of fused-ring (bicyclic) bond motifs is 1. The fourth-order valence-corrected chi connectivity index (χ4v) is 5.32. The molecule has 1 N–H and O–H groups in total. The predicted octanol–water partition coefficient (Wildman–Crippen LogP) is 2.88. The molecular formula is C15H21N5O2S3. The van der Waals surface area contributed by atoms with Gasteiger partial charge >= 0.3 is 0 Å². The third kappa shape index (κ3) is 3.86. The minimum absolute atomic E-state index is 0.0140. The normalized spacial score (nSPS) is 13.0. The van der Waals surface area contributed by atoms with Crippen LogP contribution in [0.15, 0.2) is 27.9 Å². The first-order chi connectivity index (χ1) is 11.7. The molecule has 0 aliphatic rings. The Kier molecular flexibility index (Phi) is 4.89. The SMILES string of the molecule is CN(CCNc1nn2cc(C(C)(C)C)nc2s1)S(=O)(=O)c1cccs1. The van der Waals surface area contributed by atoms with E-state index >= 15 is 0 Å². The molecule has 7 nitrogen and oxygen atoms in total. The molecule has 0 unspecified atom stereocenters. The minimum atomic E-state index is -3.41. The number of rotatable bonds is 6. The van der Waals surface area contributed by atoms with Gasteiger partial charge in [-0.25, -0.2) is 17.9 Å². The Labute approximate surface area is 155 Å². The number of sulfonamides is 1. The van der Waals surface area contributed by atoms with Crippen LogP contribution >= 0.6 is 22.7 Å². The van der Waals surface area contributed by atoms with Crippen molar-refractivity contribution in [3.8, 4) is 0 Å². The van der Waals surface area contributed by atoms with Gasteiger partial charge in [0.25, 0.3) is 10.0 Å². The van der Waals surface area contributed by atoms with Crippen LogP contribution in [0.2, 0.25) is 0 Å². The van der Waals surface area contributed by atoms with E-state index in [9.17, 15) is 8.42 Å². The van der Waals surface area contributed by atoms with E-state index in [1.807, 2.05) is 6.20 Å². The van der Waals surface area contributed by atoms with Crippen molar-refractivity contribution in [2.45, 2.75) is 30.4 Å². The largest absolute Gasteiger partial charge is 0.359 e. The number of likely N-dealkylation sites (N-methyl/N-ethyl adjacent to an activating group) is 1. The van der Waals surface area contributed by atoms with Gasteiger partial charge in [-0.05, 0) is 11.4 Å². The number of anilines is 1. The van der Waals surface area contributed by atoms with Crippen LogP contribution in [0.4, 0.5) is 5.13 Å². The van der Waals surface area contributed by atoms with Crippen LogP contribution in [-0.4, -0.2) is 47.5 Å². The second-order valence-electron chi connectivity index (χ2n) is 6.70. The van der Waals surface area contributed by atoms with Gasteiger partial charge in [0.2, 0.25) is 10.1 Å². The Morgan fingerprint density at radius 1 is 1.36 bits per heavy atom. The van der Waals surface area contributed by atoms with Crippen molar-refractivity contribution < 1.29 is 8.42 Å². The Bertz CT molecular complexity index is 920. The highest BCUT2D eigenvalue weighted by molar-refractivity contribution is 7.91. The van der Waals surface area contributed by atoms with Crippen molar-refractivity contribution in [2.75, 3.05) is 25.5 Å². The Morgan fingerprint density at radius 2 is 2.12 bits per heavy atom. The fourth-order valence-electron chi connectivity index (χ4n) is 2.14. The smallest absolute Gasteiger partial charge is 0.252 e. The summed E-state index contributed by atoms with van der Waals surface area (Å²) in [6.45, 7) is 7.17. The molecule has 0 bridgehead atoms. The van der Waals surface area contributed by atoms with Crippen LogP contribution in [0, 0.1) is 0 Å². The molecule has 3 aromatic rings. The average Bonchev–Trinajstić information content (AvgIpc) is 3.21. The van der Waals surface area contributed by atoms with Gasteiger partial charge in [-0.2, -0.15) is 4.31 Å². The van der Waals surface area contributed by atoms with E-state index in [0.29, 0.717) is 17.3 Å². The molecule has 10 heteroatoms. The maximum atomic E-state index is 12.3. The number of nitrogens with one attached hydrogen (secondary N) is 1. The number of imidazole rings is 1. The summed E-state index contributed by atoms with van der Waals surface area (Å²) in [4.78, 5) is 5.42. The van der Waals surface area contributed by atoms with Gasteiger partial charge < -0.3 is 5.32 Å². The van der Waals surface area contributed by atoms with Gasteiger partial charge in [-0.3, -0.25) is 0 Å². The summed E-state index contributed by atoms with van der Waals surface area (Å²) in [5, 5.41) is 10.1. The van der Waals surface area contributed by atoms with Gasteiger partial charge in [-0.1, -0.05) is 38.2 Å². The molecule has 3 heterocycles. The lowest BCUT2D eigenvalue weighted by atomic mass is 9.93. The number of nitrogens with zero attached hydrogens (tertiary/aromatic N) is 4. The fraction of sp³-hybridized carbons (Fsp3) is 0.467. The summed E-state index contributed by atoms with van der Waals surface area (Å²) in [5.41, 5.74) is 0.986. The number of thiophene rings is 1. The van der Waals surface area contributed by atoms with Crippen LogP contribution in [0.1, 0.15) is 26.5 Å². The molecule has 0 spiro atoms. The van der Waals surface area contributed by atoms with Gasteiger partial charge in [-0.15, -0.1) is 16.4 Å². The van der Waals surface area contributed by atoms with Crippen LogP contribution in [0.5, 0.6) is 0 Å². The van der Waals surface area contributed by atoms with Crippen LogP contribution < -0.4 is 5.32 Å². The molecule has 0 atom stereocenters. The minimum Gasteiger partial charge on any atom is -0.359 e. The maximum Gasteiger partial charge on any atom is 0.252 e. The topological polar surface area (TPSA) is 79.6 Å². The van der Waals surface area contributed by atoms with E-state index in [-0.39, 0.29) is 5.41 Å². The third-order valence-corrected chi connectivity index (χ3v) is 7.78. The van der Waals surface area contributed by atoms with Crippen molar-refractivity contribution in [2.24, 2.45) is 0 Å². The quantitative estimate of drug-likeness (QED) is 0.689. The molecule has 0 aromatic carbocycles. The van der Waals surface area contributed by atoms with Gasteiger partial charge in [0.05, 0.1) is 11.9 Å². The molecule has 3 aromatic heterocycles. The lowest BCUT2D eigenvalue weighted by Crippen LogP contribution is -2.31. The summed E-state index contributed by atoms with van der Waals surface area (Å²) in [5.74, 6) is 0. The molecule has 0 aliphatic heterocycles. The predicted molar refractivity (Wildman–Crippen MR) is 102 cm³/mol. The molecule has 3 rings (SSSR count). The van der Waals surface area contributed by atoms with Gasteiger partial charge in [0.1, 0.15) is 4.21 Å². The first-order valence-electron chi connectivity index (χ1n) is 7.78. The molecule has 25 heavy (non-hydrogen) atoms. The summed E-state index contributed by atoms with van der Waals surface area (Å²) >= 11 is 2.68. The molecule has 136 valence electrons. The number of aromatic nitrogens is 3. The first kappa shape index (κ1) is 18.3. The molecule has 0 amide bonds. The highest BCUT2D eigenvalue weighted by Gasteiger charge is 2.22. The number of hydrogen-bond acceptors (Lipinski definition) is 7. The molecule has 0 radical (unpaired) electrons. The van der Waals surface area contributed by atoms with Crippen LogP contribution in [0.25, 0.3) is 4.96 Å². The second kappa shape index (κ2) is 6.67. The van der Waals surface area contributed by atoms with Gasteiger partial charge in [0, 0.05) is 25.6 Å². The van der Waals surface area contributed by atoms with Crippen molar-refractivity contribution in [3.05, 3.63) is 29.4 Å². The van der Waals surface area contributed by atoms with Crippen molar-refractivity contribution in [1.82, 2.24) is 18.9 Å². The highest BCUT2D eigenvalue weighted by atomic mass is 32.2. The summed E-state index contributed by atoms with van der Waals surface area (Å²) in [6, 6.07) is 3.35. The lowest BCUT2D eigenvalue weighted by molar-refractivity contribution is 0.482.